The Labute approximate surface area is 109 Å². The van der Waals surface area contributed by atoms with Gasteiger partial charge in [-0.3, -0.25) is 15.3 Å². The highest BCUT2D eigenvalue weighted by molar-refractivity contribution is 5.39. The first-order valence-electron chi connectivity index (χ1n) is 6.07. The van der Waals surface area contributed by atoms with Crippen LogP contribution in [0.4, 0.5) is 5.82 Å². The molecule has 3 atom stereocenters. The van der Waals surface area contributed by atoms with Crippen LogP contribution in [-0.2, 0) is 11.2 Å². The molecule has 19 heavy (non-hydrogen) atoms. The first-order chi connectivity index (χ1) is 9.10. The first kappa shape index (κ1) is 13.9. The van der Waals surface area contributed by atoms with Crippen LogP contribution in [0.15, 0.2) is 11.0 Å². The van der Waals surface area contributed by atoms with E-state index in [1.165, 1.54) is 10.8 Å². The van der Waals surface area contributed by atoms with E-state index in [4.69, 9.17) is 15.1 Å². The summed E-state index contributed by atoms with van der Waals surface area (Å²) in [6, 6.07) is 0. The molecule has 0 aliphatic carbocycles. The molecule has 0 spiro atoms. The quantitative estimate of drug-likeness (QED) is 0.532. The molecule has 0 amide bonds. The summed E-state index contributed by atoms with van der Waals surface area (Å²) in [5, 5.41) is 27.6. The van der Waals surface area contributed by atoms with Gasteiger partial charge in [-0.25, -0.2) is 4.79 Å². The van der Waals surface area contributed by atoms with Gasteiger partial charge in [0.2, 0.25) is 0 Å². The highest BCUT2D eigenvalue weighted by Gasteiger charge is 2.35. The van der Waals surface area contributed by atoms with E-state index in [9.17, 15) is 9.90 Å². The number of aliphatic hydroxyl groups excluding tert-OH is 2. The SMILES string of the molecule is CCc1cn([C@H]2CC(O)[C@@H](CO)O2)c(=O)nc1NO. The number of aryl methyl sites for hydroxylation is 1. The molecular formula is C11H17N3O5. The van der Waals surface area contributed by atoms with Gasteiger partial charge >= 0.3 is 5.69 Å². The molecule has 2 heterocycles. The molecule has 1 aliphatic heterocycles. The van der Waals surface area contributed by atoms with Crippen LogP contribution in [0.1, 0.15) is 25.1 Å². The lowest BCUT2D eigenvalue weighted by molar-refractivity contribution is -0.0459. The second-order valence-corrected chi connectivity index (χ2v) is 4.38. The number of nitrogens with zero attached hydrogens (tertiary/aromatic N) is 2. The predicted molar refractivity (Wildman–Crippen MR) is 64.9 cm³/mol. The summed E-state index contributed by atoms with van der Waals surface area (Å²) >= 11 is 0. The van der Waals surface area contributed by atoms with Gasteiger partial charge in [0.25, 0.3) is 0 Å². The number of hydrogen-bond acceptors (Lipinski definition) is 7. The summed E-state index contributed by atoms with van der Waals surface area (Å²) in [5.74, 6) is 0.112. The topological polar surface area (TPSA) is 117 Å². The minimum Gasteiger partial charge on any atom is -0.394 e. The molecule has 4 N–H and O–H groups in total. The van der Waals surface area contributed by atoms with E-state index in [2.05, 4.69) is 4.98 Å². The van der Waals surface area contributed by atoms with Crippen molar-refractivity contribution in [1.29, 1.82) is 0 Å². The fraction of sp³-hybridized carbons (Fsp3) is 0.636. The Balaban J connectivity index is 2.33. The lowest BCUT2D eigenvalue weighted by Crippen LogP contribution is -2.29. The molecule has 0 aromatic carbocycles. The Bertz CT molecular complexity index is 504. The van der Waals surface area contributed by atoms with E-state index in [-0.39, 0.29) is 18.8 Å². The molecule has 2 rings (SSSR count). The molecule has 1 aromatic heterocycles. The predicted octanol–water partition coefficient (Wildman–Crippen LogP) is -0.753. The van der Waals surface area contributed by atoms with Crippen LogP contribution in [0.3, 0.4) is 0 Å². The van der Waals surface area contributed by atoms with Crippen molar-refractivity contribution < 1.29 is 20.2 Å². The molecule has 0 radical (unpaired) electrons. The molecule has 1 aromatic rings. The van der Waals surface area contributed by atoms with Crippen LogP contribution in [0, 0.1) is 0 Å². The van der Waals surface area contributed by atoms with Gasteiger partial charge in [-0.2, -0.15) is 4.98 Å². The summed E-state index contributed by atoms with van der Waals surface area (Å²) < 4.78 is 6.67. The lowest BCUT2D eigenvalue weighted by Gasteiger charge is -2.16. The molecule has 0 bridgehead atoms. The van der Waals surface area contributed by atoms with E-state index < -0.39 is 24.1 Å². The summed E-state index contributed by atoms with van der Waals surface area (Å²) in [6.07, 6.45) is 0.132. The summed E-state index contributed by atoms with van der Waals surface area (Å²) in [5.41, 5.74) is 1.93. The lowest BCUT2D eigenvalue weighted by atomic mass is 10.2. The molecule has 106 valence electrons. The van der Waals surface area contributed by atoms with Gasteiger partial charge in [0, 0.05) is 18.2 Å². The van der Waals surface area contributed by atoms with Crippen LogP contribution in [0.25, 0.3) is 0 Å². The number of aliphatic hydroxyl groups is 2. The number of aromatic nitrogens is 2. The number of rotatable bonds is 4. The second kappa shape index (κ2) is 5.66. The summed E-state index contributed by atoms with van der Waals surface area (Å²) in [7, 11) is 0. The molecule has 1 unspecified atom stereocenters. The van der Waals surface area contributed by atoms with Gasteiger partial charge in [0.05, 0.1) is 12.7 Å². The standard InChI is InChI=1S/C11H17N3O5/c1-2-6-4-14(11(17)12-10(6)13-18)9-3-7(16)8(5-15)19-9/h4,7-9,15-16,18H,2-3,5H2,1H3,(H,12,13,17)/t7?,8-,9-/m1/s1. The highest BCUT2D eigenvalue weighted by Crippen LogP contribution is 2.27. The maximum atomic E-state index is 11.8. The van der Waals surface area contributed by atoms with Crippen LogP contribution >= 0.6 is 0 Å². The van der Waals surface area contributed by atoms with Gasteiger partial charge in [-0.15, -0.1) is 0 Å². The van der Waals surface area contributed by atoms with E-state index >= 15 is 0 Å². The van der Waals surface area contributed by atoms with Gasteiger partial charge in [0.15, 0.2) is 5.82 Å². The van der Waals surface area contributed by atoms with Gasteiger partial charge < -0.3 is 14.9 Å². The van der Waals surface area contributed by atoms with Crippen LogP contribution in [-0.4, -0.2) is 43.8 Å². The third-order valence-corrected chi connectivity index (χ3v) is 3.21. The summed E-state index contributed by atoms with van der Waals surface area (Å²) in [4.78, 5) is 15.5. The maximum absolute atomic E-state index is 11.8. The number of hydrogen-bond donors (Lipinski definition) is 4. The van der Waals surface area contributed by atoms with E-state index in [1.807, 2.05) is 12.4 Å². The average Bonchev–Trinajstić information content (AvgIpc) is 2.79. The molecule has 8 heteroatoms. The third-order valence-electron chi connectivity index (χ3n) is 3.21. The van der Waals surface area contributed by atoms with Crippen molar-refractivity contribution in [1.82, 2.24) is 9.55 Å². The minimum absolute atomic E-state index is 0.112. The van der Waals surface area contributed by atoms with Crippen molar-refractivity contribution in [2.75, 3.05) is 12.1 Å². The van der Waals surface area contributed by atoms with E-state index in [0.29, 0.717) is 12.0 Å². The smallest absolute Gasteiger partial charge is 0.351 e. The maximum Gasteiger partial charge on any atom is 0.351 e. The van der Waals surface area contributed by atoms with Gasteiger partial charge in [0.1, 0.15) is 12.3 Å². The van der Waals surface area contributed by atoms with Crippen LogP contribution in [0.5, 0.6) is 0 Å². The Morgan fingerprint density at radius 3 is 2.89 bits per heavy atom. The van der Waals surface area contributed by atoms with Crippen molar-refractivity contribution in [3.8, 4) is 0 Å². The third kappa shape index (κ3) is 2.61. The molecule has 0 saturated carbocycles. The van der Waals surface area contributed by atoms with Gasteiger partial charge in [-0.1, -0.05) is 6.92 Å². The molecule has 1 saturated heterocycles. The minimum atomic E-state index is -0.817. The number of anilines is 1. The van der Waals surface area contributed by atoms with Crippen molar-refractivity contribution in [3.63, 3.8) is 0 Å². The van der Waals surface area contributed by atoms with E-state index in [0.717, 1.165) is 0 Å². The molecule has 8 nitrogen and oxygen atoms in total. The number of ether oxygens (including phenoxy) is 1. The fourth-order valence-electron chi connectivity index (χ4n) is 2.12. The zero-order valence-electron chi connectivity index (χ0n) is 10.5. The average molecular weight is 271 g/mol. The van der Waals surface area contributed by atoms with E-state index in [1.54, 1.807) is 0 Å². The van der Waals surface area contributed by atoms with Crippen LogP contribution < -0.4 is 11.2 Å². The first-order valence-corrected chi connectivity index (χ1v) is 6.07. The van der Waals surface area contributed by atoms with Gasteiger partial charge in [-0.05, 0) is 6.42 Å². The zero-order valence-corrected chi connectivity index (χ0v) is 10.5. The van der Waals surface area contributed by atoms with Crippen molar-refractivity contribution in [3.05, 3.63) is 22.2 Å². The Morgan fingerprint density at radius 2 is 2.37 bits per heavy atom. The number of nitrogens with one attached hydrogen (secondary N) is 1. The van der Waals surface area contributed by atoms with Crippen molar-refractivity contribution in [2.45, 2.75) is 38.2 Å². The Morgan fingerprint density at radius 1 is 1.63 bits per heavy atom. The fourth-order valence-corrected chi connectivity index (χ4v) is 2.12. The Hall–Kier alpha value is -1.48. The summed E-state index contributed by atoms with van der Waals surface area (Å²) in [6.45, 7) is 1.55. The van der Waals surface area contributed by atoms with Crippen molar-refractivity contribution in [2.24, 2.45) is 0 Å². The Kier molecular flexibility index (Phi) is 4.15. The molecular weight excluding hydrogens is 254 g/mol. The molecule has 1 fully saturated rings. The normalized spacial score (nSPS) is 26.6. The zero-order chi connectivity index (χ0) is 14.0. The second-order valence-electron chi connectivity index (χ2n) is 4.38. The van der Waals surface area contributed by atoms with Crippen molar-refractivity contribution >= 4 is 5.82 Å². The van der Waals surface area contributed by atoms with Crippen LogP contribution in [0.2, 0.25) is 0 Å². The molecule has 1 aliphatic rings. The monoisotopic (exact) mass is 271 g/mol. The highest BCUT2D eigenvalue weighted by atomic mass is 16.5. The largest absolute Gasteiger partial charge is 0.394 e.